The van der Waals surface area contributed by atoms with Crippen LogP contribution in [0, 0.1) is 0 Å². The molecule has 5 heteroatoms. The highest BCUT2D eigenvalue weighted by atomic mass is 16.5. The fourth-order valence-electron chi connectivity index (χ4n) is 3.59. The number of benzene rings is 3. The molecular formula is C29H32BN2O2. The Kier molecular flexibility index (Phi) is 7.06. The van der Waals surface area contributed by atoms with Gasteiger partial charge in [-0.05, 0) is 81.5 Å². The Labute approximate surface area is 203 Å². The van der Waals surface area contributed by atoms with Gasteiger partial charge in [-0.3, -0.25) is 4.99 Å². The number of para-hydroxylation sites is 2. The molecule has 0 aromatic heterocycles. The number of nitrogens with zero attached hydrogens (tertiary/aromatic N) is 2. The summed E-state index contributed by atoms with van der Waals surface area (Å²) in [6, 6.07) is 29.3. The zero-order chi connectivity index (χ0) is 24.2. The van der Waals surface area contributed by atoms with Crippen molar-refractivity contribution in [2.45, 2.75) is 44.7 Å². The molecule has 0 aliphatic carbocycles. The second kappa shape index (κ2) is 10.0. The molecule has 0 saturated carbocycles. The molecule has 34 heavy (non-hydrogen) atoms. The third kappa shape index (κ3) is 5.49. The third-order valence-electron chi connectivity index (χ3n) is 6.43. The molecule has 0 spiro atoms. The highest BCUT2D eigenvalue weighted by Crippen LogP contribution is 2.34. The Morgan fingerprint density at radius 3 is 1.82 bits per heavy atom. The van der Waals surface area contributed by atoms with E-state index in [0.717, 1.165) is 28.3 Å². The van der Waals surface area contributed by atoms with Gasteiger partial charge in [-0.1, -0.05) is 54.6 Å². The van der Waals surface area contributed by atoms with Gasteiger partial charge in [-0.2, -0.15) is 0 Å². The molecule has 1 N–H and O–H groups in total. The number of aliphatic hydroxyl groups is 1. The van der Waals surface area contributed by atoms with Crippen LogP contribution in [-0.4, -0.2) is 36.0 Å². The maximum atomic E-state index is 10.3. The first-order chi connectivity index (χ1) is 16.2. The Bertz CT molecular complexity index is 1090. The lowest BCUT2D eigenvalue weighted by Crippen LogP contribution is -2.48. The van der Waals surface area contributed by atoms with E-state index in [0.29, 0.717) is 6.54 Å². The topological polar surface area (TPSA) is 45.1 Å². The van der Waals surface area contributed by atoms with Gasteiger partial charge in [0.15, 0.2) is 0 Å². The van der Waals surface area contributed by atoms with Crippen LogP contribution < -0.4 is 4.90 Å². The van der Waals surface area contributed by atoms with Crippen LogP contribution in [0.3, 0.4) is 0 Å². The maximum Gasteiger partial charge on any atom is 0.302 e. The van der Waals surface area contributed by atoms with Crippen LogP contribution in [-0.2, 0) is 4.65 Å². The molecule has 0 fully saturated rings. The molecule has 1 aliphatic rings. The lowest BCUT2D eigenvalue weighted by Gasteiger charge is -2.38. The normalized spacial score (nSPS) is 16.1. The first kappa shape index (κ1) is 24.0. The minimum absolute atomic E-state index is 0.0799. The zero-order valence-electron chi connectivity index (χ0n) is 20.3. The lowest BCUT2D eigenvalue weighted by atomic mass is 9.76. The molecule has 4 nitrogen and oxygen atoms in total. The Morgan fingerprint density at radius 2 is 1.35 bits per heavy atom. The van der Waals surface area contributed by atoms with E-state index in [1.165, 1.54) is 0 Å². The van der Waals surface area contributed by atoms with Crippen molar-refractivity contribution in [3.63, 3.8) is 0 Å². The van der Waals surface area contributed by atoms with Crippen molar-refractivity contribution in [1.82, 2.24) is 0 Å². The summed E-state index contributed by atoms with van der Waals surface area (Å²) >= 11 is 0. The third-order valence-corrected chi connectivity index (χ3v) is 6.43. The van der Waals surface area contributed by atoms with E-state index < -0.39 is 11.2 Å². The number of allylic oxidation sites excluding steroid dienone is 1. The van der Waals surface area contributed by atoms with Crippen molar-refractivity contribution in [1.29, 1.82) is 0 Å². The molecule has 1 unspecified atom stereocenters. The summed E-state index contributed by atoms with van der Waals surface area (Å²) in [7, 11) is 1.79. The van der Waals surface area contributed by atoms with Gasteiger partial charge in [0.2, 0.25) is 0 Å². The molecule has 1 aliphatic heterocycles. The minimum Gasteiger partial charge on any atom is -0.432 e. The predicted molar refractivity (Wildman–Crippen MR) is 143 cm³/mol. The van der Waals surface area contributed by atoms with Crippen LogP contribution in [0.25, 0.3) is 0 Å². The largest absolute Gasteiger partial charge is 0.432 e. The Hall–Kier alpha value is -3.15. The predicted octanol–water partition coefficient (Wildman–Crippen LogP) is 6.49. The molecule has 173 valence electrons. The number of rotatable bonds is 8. The van der Waals surface area contributed by atoms with E-state index in [1.54, 1.807) is 21.3 Å². The summed E-state index contributed by atoms with van der Waals surface area (Å²) in [6.45, 7) is 7.92. The van der Waals surface area contributed by atoms with E-state index in [9.17, 15) is 5.11 Å². The van der Waals surface area contributed by atoms with Crippen molar-refractivity contribution in [3.8, 4) is 0 Å². The highest BCUT2D eigenvalue weighted by Gasteiger charge is 2.36. The summed E-state index contributed by atoms with van der Waals surface area (Å²) in [5.41, 5.74) is 3.75. The van der Waals surface area contributed by atoms with Gasteiger partial charge in [0.05, 0.1) is 16.9 Å². The molecule has 4 rings (SSSR count). The van der Waals surface area contributed by atoms with Gasteiger partial charge < -0.3 is 14.7 Å². The summed E-state index contributed by atoms with van der Waals surface area (Å²) in [6.07, 6.45) is 4.16. The van der Waals surface area contributed by atoms with Crippen LogP contribution in [0.4, 0.5) is 17.1 Å². The first-order valence-electron chi connectivity index (χ1n) is 11.7. The summed E-state index contributed by atoms with van der Waals surface area (Å²) in [5, 5.41) is 10.3. The molecule has 1 atom stereocenters. The van der Waals surface area contributed by atoms with E-state index in [1.807, 2.05) is 32.1 Å². The number of hydrogen-bond donors (Lipinski definition) is 1. The average Bonchev–Trinajstić information content (AvgIpc) is 2.84. The molecule has 0 amide bonds. The SMILES string of the molecule is CC(C)(O)C(C)(C)O[B]C1C=CC(c2ccc(N(c3ccccc3)c3ccccc3)cc2)=NC1. The van der Waals surface area contributed by atoms with E-state index >= 15 is 0 Å². The van der Waals surface area contributed by atoms with Crippen molar-refractivity contribution < 1.29 is 9.76 Å². The number of hydrogen-bond acceptors (Lipinski definition) is 4. The summed E-state index contributed by atoms with van der Waals surface area (Å²) in [4.78, 5) is 7.02. The Balaban J connectivity index is 1.47. The molecule has 0 bridgehead atoms. The second-order valence-electron chi connectivity index (χ2n) is 9.63. The smallest absolute Gasteiger partial charge is 0.302 e. The number of anilines is 3. The van der Waals surface area contributed by atoms with Gasteiger partial charge in [0, 0.05) is 23.6 Å². The van der Waals surface area contributed by atoms with Crippen LogP contribution in [0.5, 0.6) is 0 Å². The molecule has 1 heterocycles. The van der Waals surface area contributed by atoms with Crippen molar-refractivity contribution in [2.75, 3.05) is 11.4 Å². The van der Waals surface area contributed by atoms with Crippen LogP contribution in [0.1, 0.15) is 33.3 Å². The quantitative estimate of drug-likeness (QED) is 0.398. The van der Waals surface area contributed by atoms with Crippen LogP contribution in [0.15, 0.2) is 102 Å². The maximum absolute atomic E-state index is 10.3. The molecule has 1 radical (unpaired) electrons. The highest BCUT2D eigenvalue weighted by molar-refractivity contribution is 6.31. The Morgan fingerprint density at radius 1 is 0.824 bits per heavy atom. The monoisotopic (exact) mass is 451 g/mol. The van der Waals surface area contributed by atoms with Crippen molar-refractivity contribution in [3.05, 3.63) is 103 Å². The fraction of sp³-hybridized carbons (Fsp3) is 0.276. The fourth-order valence-corrected chi connectivity index (χ4v) is 3.59. The minimum atomic E-state index is -0.939. The molecular weight excluding hydrogens is 419 g/mol. The van der Waals surface area contributed by atoms with Gasteiger partial charge in [-0.25, -0.2) is 0 Å². The molecule has 3 aromatic carbocycles. The van der Waals surface area contributed by atoms with Gasteiger partial charge in [-0.15, -0.1) is 0 Å². The average molecular weight is 451 g/mol. The van der Waals surface area contributed by atoms with Gasteiger partial charge in [0.1, 0.15) is 0 Å². The number of aliphatic imine (C=N–C) groups is 1. The number of dihydropyridines is 1. The first-order valence-corrected chi connectivity index (χ1v) is 11.7. The van der Waals surface area contributed by atoms with Crippen molar-refractivity contribution in [2.24, 2.45) is 4.99 Å². The molecule has 0 saturated heterocycles. The van der Waals surface area contributed by atoms with E-state index in [-0.39, 0.29) is 5.82 Å². The van der Waals surface area contributed by atoms with Crippen molar-refractivity contribution >= 4 is 30.3 Å². The van der Waals surface area contributed by atoms with Crippen LogP contribution >= 0.6 is 0 Å². The van der Waals surface area contributed by atoms with Gasteiger partial charge in [0.25, 0.3) is 0 Å². The summed E-state index contributed by atoms with van der Waals surface area (Å²) < 4.78 is 5.90. The van der Waals surface area contributed by atoms with Crippen LogP contribution in [0.2, 0.25) is 5.82 Å². The van der Waals surface area contributed by atoms with E-state index in [4.69, 9.17) is 9.65 Å². The zero-order valence-corrected chi connectivity index (χ0v) is 20.3. The second-order valence-corrected chi connectivity index (χ2v) is 9.63. The summed E-state index contributed by atoms with van der Waals surface area (Å²) in [5.74, 6) is 0.0799. The van der Waals surface area contributed by atoms with E-state index in [2.05, 4.69) is 83.8 Å². The standard InChI is InChI=1S/C29H32BN2O2/c1-28(2,33)29(3,4)34-30-23-17-20-27(31-21-23)22-15-18-26(19-16-22)32(24-11-7-5-8-12-24)25-13-9-6-10-14-25/h5-20,23,33H,21H2,1-4H3. The van der Waals surface area contributed by atoms with Gasteiger partial charge >= 0.3 is 7.48 Å². The lowest BCUT2D eigenvalue weighted by molar-refractivity contribution is -0.0907. The molecule has 3 aromatic rings.